The van der Waals surface area contributed by atoms with E-state index in [0.717, 1.165) is 36.5 Å². The maximum Gasteiger partial charge on any atom is 0.260 e. The summed E-state index contributed by atoms with van der Waals surface area (Å²) in [7, 11) is 0. The number of carbonyl (C=O) groups is 1. The van der Waals surface area contributed by atoms with Gasteiger partial charge in [-0.1, -0.05) is 17.7 Å². The van der Waals surface area contributed by atoms with E-state index in [1.54, 1.807) is 12.3 Å². The maximum absolute atomic E-state index is 12.8. The third kappa shape index (κ3) is 3.31. The summed E-state index contributed by atoms with van der Waals surface area (Å²) >= 11 is 0. The number of nitrogens with one attached hydrogen (secondary N) is 1. The van der Waals surface area contributed by atoms with Gasteiger partial charge in [0, 0.05) is 18.9 Å². The predicted molar refractivity (Wildman–Crippen MR) is 99.3 cm³/mol. The number of amides is 1. The van der Waals surface area contributed by atoms with Crippen molar-refractivity contribution < 1.29 is 9.53 Å². The first kappa shape index (κ1) is 16.3. The third-order valence-corrected chi connectivity index (χ3v) is 4.37. The van der Waals surface area contributed by atoms with Crippen LogP contribution in [0.5, 0.6) is 5.75 Å². The molecule has 26 heavy (non-hydrogen) atoms. The molecule has 132 valence electrons. The summed E-state index contributed by atoms with van der Waals surface area (Å²) in [5.41, 5.74) is 2.27. The van der Waals surface area contributed by atoms with Gasteiger partial charge in [-0.05, 0) is 44.0 Å². The van der Waals surface area contributed by atoms with Crippen LogP contribution in [-0.2, 0) is 6.54 Å². The van der Waals surface area contributed by atoms with Gasteiger partial charge in [-0.25, -0.2) is 9.97 Å². The zero-order chi connectivity index (χ0) is 17.9. The molecule has 0 saturated heterocycles. The van der Waals surface area contributed by atoms with Gasteiger partial charge in [-0.2, -0.15) is 0 Å². The van der Waals surface area contributed by atoms with E-state index >= 15 is 0 Å². The number of nitrogens with zero attached hydrogens (tertiary/aromatic N) is 3. The molecule has 1 aromatic carbocycles. The second-order valence-corrected chi connectivity index (χ2v) is 6.36. The number of carbonyl (C=O) groups excluding carboxylic acids is 1. The predicted octanol–water partition coefficient (Wildman–Crippen LogP) is 3.68. The number of hydrogen-bond donors (Lipinski definition) is 1. The Kier molecular flexibility index (Phi) is 4.39. The van der Waals surface area contributed by atoms with Crippen LogP contribution in [0.2, 0.25) is 0 Å². The summed E-state index contributed by atoms with van der Waals surface area (Å²) in [6.45, 7) is 3.37. The van der Waals surface area contributed by atoms with Crippen LogP contribution in [0.4, 0.5) is 5.82 Å². The Labute approximate surface area is 151 Å². The van der Waals surface area contributed by atoms with Gasteiger partial charge < -0.3 is 14.6 Å². The van der Waals surface area contributed by atoms with E-state index in [4.69, 9.17) is 4.74 Å². The van der Waals surface area contributed by atoms with Crippen LogP contribution in [-0.4, -0.2) is 27.0 Å². The Morgan fingerprint density at radius 2 is 2.12 bits per heavy atom. The molecular weight excluding hydrogens is 328 g/mol. The molecule has 1 aliphatic heterocycles. The normalized spacial score (nSPS) is 14.4. The lowest BCUT2D eigenvalue weighted by Gasteiger charge is -2.14. The quantitative estimate of drug-likeness (QED) is 0.673. The maximum atomic E-state index is 12.8. The van der Waals surface area contributed by atoms with Crippen LogP contribution in [0, 0.1) is 6.92 Å². The van der Waals surface area contributed by atoms with E-state index < -0.39 is 0 Å². The van der Waals surface area contributed by atoms with Gasteiger partial charge >= 0.3 is 0 Å². The summed E-state index contributed by atoms with van der Waals surface area (Å²) < 4.78 is 7.96. The van der Waals surface area contributed by atoms with Gasteiger partial charge in [0.25, 0.3) is 5.91 Å². The van der Waals surface area contributed by atoms with Crippen molar-refractivity contribution >= 4 is 11.7 Å². The zero-order valence-electron chi connectivity index (χ0n) is 14.6. The highest BCUT2D eigenvalue weighted by Crippen LogP contribution is 2.23. The summed E-state index contributed by atoms with van der Waals surface area (Å²) in [6, 6.07) is 11.2. The fourth-order valence-electron chi connectivity index (χ4n) is 3.05. The molecule has 0 unspecified atom stereocenters. The van der Waals surface area contributed by atoms with Crippen LogP contribution in [0.15, 0.2) is 48.8 Å². The number of pyridine rings is 1. The lowest BCUT2D eigenvalue weighted by atomic mass is 10.1. The fourth-order valence-corrected chi connectivity index (χ4v) is 3.05. The number of aromatic nitrogens is 3. The average Bonchev–Trinajstić information content (AvgIpc) is 3.10. The minimum atomic E-state index is -0.228. The first-order valence-electron chi connectivity index (χ1n) is 8.74. The van der Waals surface area contributed by atoms with E-state index in [1.807, 2.05) is 43.5 Å². The van der Waals surface area contributed by atoms with E-state index in [2.05, 4.69) is 19.9 Å². The third-order valence-electron chi connectivity index (χ3n) is 4.37. The highest BCUT2D eigenvalue weighted by atomic mass is 16.5. The Bertz CT molecular complexity index is 948. The van der Waals surface area contributed by atoms with Crippen LogP contribution in [0.25, 0.3) is 11.5 Å². The van der Waals surface area contributed by atoms with Crippen molar-refractivity contribution in [1.29, 1.82) is 0 Å². The molecule has 0 aliphatic carbocycles. The topological polar surface area (TPSA) is 69.0 Å². The van der Waals surface area contributed by atoms with Crippen molar-refractivity contribution in [3.8, 4) is 17.3 Å². The van der Waals surface area contributed by atoms with Crippen LogP contribution in [0.1, 0.15) is 28.8 Å². The van der Waals surface area contributed by atoms with Gasteiger partial charge in [0.1, 0.15) is 17.3 Å². The number of anilines is 1. The molecule has 0 fully saturated rings. The van der Waals surface area contributed by atoms with E-state index in [9.17, 15) is 4.79 Å². The van der Waals surface area contributed by atoms with Crippen molar-refractivity contribution in [3.63, 3.8) is 0 Å². The molecule has 0 radical (unpaired) electrons. The highest BCUT2D eigenvalue weighted by molar-refractivity contribution is 6.06. The van der Waals surface area contributed by atoms with Gasteiger partial charge in [-0.15, -0.1) is 0 Å². The smallest absolute Gasteiger partial charge is 0.260 e. The number of aryl methyl sites for hydroxylation is 2. The molecule has 1 aliphatic rings. The number of rotatable bonds is 0. The standard InChI is InChI=1S/C20H20N4O2/c1-14-7-8-17-15(13-14)20(25)23-18-6-4-5-16(22-18)19-21-9-11-24(19)10-2-3-12-26-17/h4-9,11,13H,2-3,10,12H2,1H3,(H,22,23,25). The monoisotopic (exact) mass is 348 g/mol. The fraction of sp³-hybridized carbons (Fsp3) is 0.250. The molecule has 0 atom stereocenters. The zero-order valence-corrected chi connectivity index (χ0v) is 14.6. The number of imidazole rings is 1. The number of benzene rings is 1. The second-order valence-electron chi connectivity index (χ2n) is 6.36. The van der Waals surface area contributed by atoms with E-state index in [-0.39, 0.29) is 5.91 Å². The molecule has 1 N–H and O–H groups in total. The summed E-state index contributed by atoms with van der Waals surface area (Å²) in [6.07, 6.45) is 5.57. The lowest BCUT2D eigenvalue weighted by molar-refractivity contribution is 0.102. The van der Waals surface area contributed by atoms with Crippen molar-refractivity contribution in [1.82, 2.24) is 14.5 Å². The van der Waals surface area contributed by atoms with E-state index in [1.165, 1.54) is 0 Å². The number of ether oxygens (including phenoxy) is 1. The second kappa shape index (κ2) is 7.00. The summed E-state index contributed by atoms with van der Waals surface area (Å²) in [5, 5.41) is 2.87. The molecule has 6 nitrogen and oxygen atoms in total. The Hall–Kier alpha value is -3.15. The lowest BCUT2D eigenvalue weighted by Crippen LogP contribution is -2.16. The molecule has 2 aromatic heterocycles. The van der Waals surface area contributed by atoms with Crippen LogP contribution in [0.3, 0.4) is 0 Å². The molecule has 0 spiro atoms. The largest absolute Gasteiger partial charge is 0.493 e. The highest BCUT2D eigenvalue weighted by Gasteiger charge is 2.16. The van der Waals surface area contributed by atoms with Gasteiger partial charge in [0.15, 0.2) is 5.82 Å². The van der Waals surface area contributed by atoms with Crippen molar-refractivity contribution in [3.05, 3.63) is 59.9 Å². The first-order chi connectivity index (χ1) is 12.7. The molecule has 4 rings (SSSR count). The van der Waals surface area contributed by atoms with Gasteiger partial charge in [0.05, 0.1) is 12.2 Å². The van der Waals surface area contributed by atoms with Crippen molar-refractivity contribution in [2.75, 3.05) is 11.9 Å². The van der Waals surface area contributed by atoms with Crippen LogP contribution >= 0.6 is 0 Å². The Morgan fingerprint density at radius 1 is 1.19 bits per heavy atom. The Balaban J connectivity index is 1.74. The molecule has 6 heteroatoms. The van der Waals surface area contributed by atoms with Crippen molar-refractivity contribution in [2.45, 2.75) is 26.3 Å². The molecule has 2 bridgehead atoms. The Morgan fingerprint density at radius 3 is 3.04 bits per heavy atom. The molecule has 3 heterocycles. The molecular formula is C20H20N4O2. The van der Waals surface area contributed by atoms with Gasteiger partial charge in [-0.3, -0.25) is 4.79 Å². The van der Waals surface area contributed by atoms with Crippen LogP contribution < -0.4 is 10.1 Å². The minimum absolute atomic E-state index is 0.228. The first-order valence-corrected chi connectivity index (χ1v) is 8.74. The number of fused-ring (bicyclic) bond motifs is 5. The number of hydrogen-bond acceptors (Lipinski definition) is 4. The van der Waals surface area contributed by atoms with Crippen molar-refractivity contribution in [2.24, 2.45) is 0 Å². The SMILES string of the molecule is Cc1ccc2c(c1)C(=O)Nc1cccc(n1)-c1nccn1CCCCO2. The van der Waals surface area contributed by atoms with Gasteiger partial charge in [0.2, 0.25) is 0 Å². The molecule has 3 aromatic rings. The summed E-state index contributed by atoms with van der Waals surface area (Å²) in [5.74, 6) is 1.67. The van der Waals surface area contributed by atoms with E-state index in [0.29, 0.717) is 23.7 Å². The summed E-state index contributed by atoms with van der Waals surface area (Å²) in [4.78, 5) is 21.8. The molecule has 0 saturated carbocycles. The average molecular weight is 348 g/mol. The minimum Gasteiger partial charge on any atom is -0.493 e. The molecule has 1 amide bonds.